The van der Waals surface area contributed by atoms with Crippen molar-refractivity contribution in [2.45, 2.75) is 206 Å². The molecule has 0 aromatic carbocycles. The molecule has 5 heteroatoms. The molecule has 0 aliphatic carbocycles. The van der Waals surface area contributed by atoms with Crippen LogP contribution in [0.15, 0.2) is 48.6 Å². The SMILES string of the molecule is CCCCC/C=C\C/C=C\CCCCCCCCC(OC=O)C(CCCCCCCC/C=C\C/C=C\CCCCC)OC(=O)CCCN(C)C. The average Bonchev–Trinajstić information content (AvgIpc) is 3.10. The Morgan fingerprint density at radius 2 is 0.920 bits per heavy atom. The van der Waals surface area contributed by atoms with Crippen molar-refractivity contribution < 1.29 is 19.1 Å². The number of nitrogens with zero attached hydrogens (tertiary/aromatic N) is 1. The third kappa shape index (κ3) is 35.7. The molecule has 5 nitrogen and oxygen atoms in total. The van der Waals surface area contributed by atoms with Crippen LogP contribution in [0.25, 0.3) is 0 Å². The van der Waals surface area contributed by atoms with Gasteiger partial charge in [-0.3, -0.25) is 9.59 Å². The molecule has 0 bridgehead atoms. The van der Waals surface area contributed by atoms with Crippen LogP contribution in [0.5, 0.6) is 0 Å². The zero-order valence-corrected chi connectivity index (χ0v) is 33.4. The van der Waals surface area contributed by atoms with E-state index in [4.69, 9.17) is 9.47 Å². The predicted octanol–water partition coefficient (Wildman–Crippen LogP) is 13.2. The number of carbonyl (C=O) groups is 2. The standard InChI is InChI=1S/C45H81NO4/c1-5-7-9-11-13-15-17-19-21-23-25-27-29-31-33-35-38-43(49-42-47)44(50-45(48)40-37-41-46(3)4)39-36-34-32-30-28-26-24-22-20-18-16-14-12-10-8-6-2/h13-16,19-22,42-44H,5-12,17-18,23-41H2,1-4H3/b15-13-,16-14-,21-19-,22-20-. The maximum absolute atomic E-state index is 12.7. The fraction of sp³-hybridized carbons (Fsp3) is 0.778. The molecule has 0 aromatic rings. The van der Waals surface area contributed by atoms with Gasteiger partial charge in [-0.2, -0.15) is 0 Å². The highest BCUT2D eigenvalue weighted by Gasteiger charge is 2.26. The third-order valence-corrected chi connectivity index (χ3v) is 9.29. The van der Waals surface area contributed by atoms with E-state index < -0.39 is 0 Å². The summed E-state index contributed by atoms with van der Waals surface area (Å²) in [5.41, 5.74) is 0. The second-order valence-corrected chi connectivity index (χ2v) is 14.5. The molecule has 0 aliphatic rings. The van der Waals surface area contributed by atoms with Crippen molar-refractivity contribution >= 4 is 12.4 Å². The molecule has 0 fully saturated rings. The Labute approximate surface area is 310 Å². The van der Waals surface area contributed by atoms with E-state index in [0.717, 1.165) is 77.2 Å². The van der Waals surface area contributed by atoms with E-state index in [0.29, 0.717) is 12.9 Å². The molecule has 50 heavy (non-hydrogen) atoms. The smallest absolute Gasteiger partial charge is 0.306 e. The summed E-state index contributed by atoms with van der Waals surface area (Å²) < 4.78 is 11.5. The van der Waals surface area contributed by atoms with E-state index in [1.54, 1.807) is 0 Å². The maximum atomic E-state index is 12.7. The summed E-state index contributed by atoms with van der Waals surface area (Å²) in [5.74, 6) is -0.173. The summed E-state index contributed by atoms with van der Waals surface area (Å²) in [5, 5.41) is 0. The molecule has 0 radical (unpaired) electrons. The molecule has 2 atom stereocenters. The summed E-state index contributed by atoms with van der Waals surface area (Å²) in [6, 6.07) is 0. The lowest BCUT2D eigenvalue weighted by Crippen LogP contribution is -2.34. The number of unbranched alkanes of at least 4 members (excludes halogenated alkanes) is 18. The lowest BCUT2D eigenvalue weighted by Gasteiger charge is -2.26. The molecule has 290 valence electrons. The van der Waals surface area contributed by atoms with Crippen molar-refractivity contribution in [1.82, 2.24) is 4.90 Å². The maximum Gasteiger partial charge on any atom is 0.306 e. The first-order valence-corrected chi connectivity index (χ1v) is 21.1. The van der Waals surface area contributed by atoms with Crippen molar-refractivity contribution in [2.75, 3.05) is 20.6 Å². The molecule has 2 unspecified atom stereocenters. The van der Waals surface area contributed by atoms with Crippen LogP contribution in [0, 0.1) is 0 Å². The number of hydrogen-bond donors (Lipinski definition) is 0. The van der Waals surface area contributed by atoms with Crippen LogP contribution in [0.3, 0.4) is 0 Å². The third-order valence-electron chi connectivity index (χ3n) is 9.29. The minimum atomic E-state index is -0.353. The zero-order chi connectivity index (χ0) is 36.6. The molecule has 0 rings (SSSR count). The summed E-state index contributed by atoms with van der Waals surface area (Å²) in [4.78, 5) is 26.3. The normalized spacial score (nSPS) is 13.4. The Bertz CT molecular complexity index is 846. The highest BCUT2D eigenvalue weighted by molar-refractivity contribution is 5.69. The first-order valence-electron chi connectivity index (χ1n) is 21.1. The van der Waals surface area contributed by atoms with Crippen molar-refractivity contribution in [2.24, 2.45) is 0 Å². The van der Waals surface area contributed by atoms with Crippen LogP contribution in [0.1, 0.15) is 194 Å². The number of hydrogen-bond acceptors (Lipinski definition) is 5. The number of ether oxygens (including phenoxy) is 2. The van der Waals surface area contributed by atoms with Gasteiger partial charge in [0.25, 0.3) is 6.47 Å². The number of carbonyl (C=O) groups excluding carboxylic acids is 2. The van der Waals surface area contributed by atoms with E-state index in [9.17, 15) is 9.59 Å². The van der Waals surface area contributed by atoms with Gasteiger partial charge in [0, 0.05) is 6.42 Å². The lowest BCUT2D eigenvalue weighted by atomic mass is 9.99. The fourth-order valence-electron chi connectivity index (χ4n) is 6.17. The van der Waals surface area contributed by atoms with Gasteiger partial charge in [-0.25, -0.2) is 0 Å². The van der Waals surface area contributed by atoms with E-state index >= 15 is 0 Å². The molecule has 0 spiro atoms. The van der Waals surface area contributed by atoms with Crippen molar-refractivity contribution in [1.29, 1.82) is 0 Å². The summed E-state index contributed by atoms with van der Waals surface area (Å²) in [6.07, 6.45) is 49.2. The monoisotopic (exact) mass is 700 g/mol. The van der Waals surface area contributed by atoms with Gasteiger partial charge in [-0.1, -0.05) is 140 Å². The van der Waals surface area contributed by atoms with E-state index in [1.807, 2.05) is 14.1 Å². The number of allylic oxidation sites excluding steroid dienone is 8. The fourth-order valence-corrected chi connectivity index (χ4v) is 6.17. The molecule has 0 amide bonds. The van der Waals surface area contributed by atoms with Crippen molar-refractivity contribution in [3.63, 3.8) is 0 Å². The minimum absolute atomic E-state index is 0.173. The van der Waals surface area contributed by atoms with E-state index in [1.165, 1.54) is 103 Å². The molecular weight excluding hydrogens is 618 g/mol. The topological polar surface area (TPSA) is 55.8 Å². The summed E-state index contributed by atoms with van der Waals surface area (Å²) in [7, 11) is 4.03. The van der Waals surface area contributed by atoms with Gasteiger partial charge in [0.2, 0.25) is 0 Å². The lowest BCUT2D eigenvalue weighted by molar-refractivity contribution is -0.163. The number of rotatable bonds is 38. The van der Waals surface area contributed by atoms with Gasteiger partial charge in [-0.05, 0) is 117 Å². The Morgan fingerprint density at radius 1 is 0.520 bits per heavy atom. The van der Waals surface area contributed by atoms with Crippen molar-refractivity contribution in [3.05, 3.63) is 48.6 Å². The van der Waals surface area contributed by atoms with Crippen LogP contribution in [-0.2, 0) is 19.1 Å². The Hall–Kier alpha value is -2.14. The average molecular weight is 700 g/mol. The molecule has 0 heterocycles. The first kappa shape index (κ1) is 47.9. The molecule has 0 aliphatic heterocycles. The molecule has 0 saturated carbocycles. The Kier molecular flexibility index (Phi) is 37.9. The van der Waals surface area contributed by atoms with E-state index in [2.05, 4.69) is 67.4 Å². The van der Waals surface area contributed by atoms with Gasteiger partial charge in [0.1, 0.15) is 12.2 Å². The number of esters is 1. The van der Waals surface area contributed by atoms with Crippen LogP contribution >= 0.6 is 0 Å². The second-order valence-electron chi connectivity index (χ2n) is 14.5. The van der Waals surface area contributed by atoms with Crippen LogP contribution in [0.4, 0.5) is 0 Å². The molecule has 0 N–H and O–H groups in total. The summed E-state index contributed by atoms with van der Waals surface area (Å²) in [6.45, 7) is 5.90. The van der Waals surface area contributed by atoms with Crippen LogP contribution in [0.2, 0.25) is 0 Å². The highest BCUT2D eigenvalue weighted by atomic mass is 16.6. The van der Waals surface area contributed by atoms with Gasteiger partial charge in [0.05, 0.1) is 0 Å². The largest absolute Gasteiger partial charge is 0.461 e. The van der Waals surface area contributed by atoms with Gasteiger partial charge in [0.15, 0.2) is 0 Å². The zero-order valence-electron chi connectivity index (χ0n) is 33.4. The second kappa shape index (κ2) is 39.6. The van der Waals surface area contributed by atoms with Crippen molar-refractivity contribution in [3.8, 4) is 0 Å². The molecule has 0 saturated heterocycles. The molecule has 0 aromatic heterocycles. The Balaban J connectivity index is 4.38. The summed E-state index contributed by atoms with van der Waals surface area (Å²) >= 11 is 0. The van der Waals surface area contributed by atoms with Gasteiger partial charge in [-0.15, -0.1) is 0 Å². The quantitative estimate of drug-likeness (QED) is 0.0278. The van der Waals surface area contributed by atoms with Crippen LogP contribution in [-0.4, -0.2) is 50.2 Å². The first-order chi connectivity index (χ1) is 24.5. The molecular formula is C45H81NO4. The van der Waals surface area contributed by atoms with E-state index in [-0.39, 0.29) is 18.2 Å². The van der Waals surface area contributed by atoms with Gasteiger partial charge >= 0.3 is 5.97 Å². The predicted molar refractivity (Wildman–Crippen MR) is 217 cm³/mol. The van der Waals surface area contributed by atoms with Crippen LogP contribution < -0.4 is 0 Å². The minimum Gasteiger partial charge on any atom is -0.461 e. The Morgan fingerprint density at radius 3 is 1.34 bits per heavy atom. The van der Waals surface area contributed by atoms with Gasteiger partial charge < -0.3 is 14.4 Å². The highest BCUT2D eigenvalue weighted by Crippen LogP contribution is 2.21.